The fourth-order valence-corrected chi connectivity index (χ4v) is 3.93. The second-order valence-electron chi connectivity index (χ2n) is 6.51. The van der Waals surface area contributed by atoms with Crippen LogP contribution in [0.3, 0.4) is 0 Å². The molecule has 2 atom stereocenters. The van der Waals surface area contributed by atoms with Gasteiger partial charge in [0.2, 0.25) is 0 Å². The first kappa shape index (κ1) is 16.1. The summed E-state index contributed by atoms with van der Waals surface area (Å²) in [6.07, 6.45) is -1.05. The molecule has 7 heteroatoms. The predicted octanol–water partition coefficient (Wildman–Crippen LogP) is 2.61. The molecule has 0 radical (unpaired) electrons. The molecule has 1 heterocycles. The molecule has 0 bridgehead atoms. The molecule has 126 valence electrons. The highest BCUT2D eigenvalue weighted by atomic mass is 19.4. The van der Waals surface area contributed by atoms with Gasteiger partial charge in [-0.3, -0.25) is 9.59 Å². The number of fused-ring (bicyclic) bond motifs is 1. The van der Waals surface area contributed by atoms with Gasteiger partial charge in [0.05, 0.1) is 12.7 Å². The van der Waals surface area contributed by atoms with E-state index >= 15 is 0 Å². The average molecular weight is 329 g/mol. The van der Waals surface area contributed by atoms with Crippen LogP contribution in [0.25, 0.3) is 0 Å². The Morgan fingerprint density at radius 2 is 2.04 bits per heavy atom. The molecule has 0 N–H and O–H groups in total. The van der Waals surface area contributed by atoms with Gasteiger partial charge in [-0.2, -0.15) is 13.2 Å². The first-order chi connectivity index (χ1) is 10.7. The summed E-state index contributed by atoms with van der Waals surface area (Å²) in [5.74, 6) is -1.19. The van der Waals surface area contributed by atoms with E-state index in [1.54, 1.807) is 6.08 Å². The zero-order valence-corrected chi connectivity index (χ0v) is 13.0. The molecule has 1 saturated carbocycles. The highest BCUT2D eigenvalue weighted by molar-refractivity contribution is 5.97. The summed E-state index contributed by atoms with van der Waals surface area (Å²) < 4.78 is 43.0. The number of carbonyl (C=O) groups is 2. The number of likely N-dealkylation sites (tertiary alicyclic amines) is 1. The van der Waals surface area contributed by atoms with E-state index < -0.39 is 12.1 Å². The molecule has 2 aliphatic carbocycles. The van der Waals surface area contributed by atoms with Crippen molar-refractivity contribution in [2.24, 2.45) is 11.3 Å². The van der Waals surface area contributed by atoms with E-state index in [2.05, 4.69) is 0 Å². The summed E-state index contributed by atoms with van der Waals surface area (Å²) in [7, 11) is 1.51. The maximum absolute atomic E-state index is 12.6. The molecule has 2 unspecified atom stereocenters. The summed E-state index contributed by atoms with van der Waals surface area (Å²) in [5, 5.41) is 0. The van der Waals surface area contributed by atoms with Crippen molar-refractivity contribution in [1.82, 2.24) is 4.90 Å². The van der Waals surface area contributed by atoms with Crippen molar-refractivity contribution >= 4 is 11.7 Å². The van der Waals surface area contributed by atoms with Crippen LogP contribution in [-0.4, -0.2) is 43.0 Å². The predicted molar refractivity (Wildman–Crippen MR) is 75.2 cm³/mol. The number of allylic oxidation sites excluding steroid dienone is 3. The van der Waals surface area contributed by atoms with E-state index in [9.17, 15) is 22.8 Å². The van der Waals surface area contributed by atoms with Gasteiger partial charge in [0.15, 0.2) is 5.78 Å². The lowest BCUT2D eigenvalue weighted by Crippen LogP contribution is -2.41. The van der Waals surface area contributed by atoms with Crippen LogP contribution in [0.1, 0.15) is 26.2 Å². The fraction of sp³-hybridized carbons (Fsp3) is 0.625. The minimum absolute atomic E-state index is 0.0670. The van der Waals surface area contributed by atoms with Crippen molar-refractivity contribution in [2.45, 2.75) is 32.4 Å². The normalized spacial score (nSPS) is 30.0. The zero-order valence-electron chi connectivity index (χ0n) is 13.0. The molecule has 1 saturated heterocycles. The number of alkyl halides is 3. The maximum Gasteiger partial charge on any atom is 0.471 e. The quantitative estimate of drug-likeness (QED) is 0.800. The first-order valence-corrected chi connectivity index (χ1v) is 7.54. The molecule has 1 aliphatic heterocycles. The molecule has 0 spiro atoms. The molecule has 1 amide bonds. The lowest BCUT2D eigenvalue weighted by atomic mass is 9.84. The van der Waals surface area contributed by atoms with Crippen molar-refractivity contribution in [3.05, 3.63) is 23.0 Å². The third kappa shape index (κ3) is 2.56. The van der Waals surface area contributed by atoms with Crippen molar-refractivity contribution in [3.8, 4) is 0 Å². The fourth-order valence-electron chi connectivity index (χ4n) is 3.93. The van der Waals surface area contributed by atoms with Crippen LogP contribution in [0, 0.1) is 11.3 Å². The number of methoxy groups -OCH3 is 1. The van der Waals surface area contributed by atoms with E-state index in [1.807, 2.05) is 0 Å². The van der Waals surface area contributed by atoms with E-state index in [-0.39, 0.29) is 30.2 Å². The summed E-state index contributed by atoms with van der Waals surface area (Å²) >= 11 is 0. The van der Waals surface area contributed by atoms with E-state index in [0.29, 0.717) is 24.2 Å². The van der Waals surface area contributed by atoms with Gasteiger partial charge in [0.25, 0.3) is 0 Å². The van der Waals surface area contributed by atoms with E-state index in [4.69, 9.17) is 4.74 Å². The number of rotatable bonds is 3. The van der Waals surface area contributed by atoms with Crippen LogP contribution < -0.4 is 0 Å². The van der Waals surface area contributed by atoms with Crippen molar-refractivity contribution in [3.63, 3.8) is 0 Å². The molecule has 2 fully saturated rings. The molecule has 0 aromatic rings. The minimum Gasteiger partial charge on any atom is -0.500 e. The van der Waals surface area contributed by atoms with Crippen molar-refractivity contribution in [1.29, 1.82) is 0 Å². The Kier molecular flexibility index (Phi) is 3.57. The molecule has 23 heavy (non-hydrogen) atoms. The molecule has 4 nitrogen and oxygen atoms in total. The number of Topliss-reactive ketones (excluding diaryl/α,β-unsaturated/α-hetero) is 1. The molecule has 3 rings (SSSR count). The number of ether oxygens (including phenoxy) is 1. The Morgan fingerprint density at radius 1 is 1.35 bits per heavy atom. The third-order valence-corrected chi connectivity index (χ3v) is 5.18. The van der Waals surface area contributed by atoms with Gasteiger partial charge in [-0.05, 0) is 31.8 Å². The van der Waals surface area contributed by atoms with Crippen LogP contribution in [-0.2, 0) is 14.3 Å². The monoisotopic (exact) mass is 329 g/mol. The van der Waals surface area contributed by atoms with Crippen LogP contribution in [0.4, 0.5) is 13.2 Å². The Morgan fingerprint density at radius 3 is 2.61 bits per heavy atom. The number of hydrogen-bond acceptors (Lipinski definition) is 3. The van der Waals surface area contributed by atoms with Crippen LogP contribution >= 0.6 is 0 Å². The van der Waals surface area contributed by atoms with Gasteiger partial charge in [0, 0.05) is 24.9 Å². The molecular formula is C16H18F3NO3. The van der Waals surface area contributed by atoms with Crippen LogP contribution in [0.2, 0.25) is 0 Å². The average Bonchev–Trinajstić information content (AvgIpc) is 3.06. The lowest BCUT2D eigenvalue weighted by Gasteiger charge is -2.26. The van der Waals surface area contributed by atoms with Gasteiger partial charge in [-0.25, -0.2) is 0 Å². The van der Waals surface area contributed by atoms with E-state index in [1.165, 1.54) is 14.0 Å². The topological polar surface area (TPSA) is 46.6 Å². The molecule has 0 aromatic carbocycles. The Balaban J connectivity index is 1.83. The first-order valence-electron chi connectivity index (χ1n) is 7.54. The molecule has 3 aliphatic rings. The Labute approximate surface area is 132 Å². The Hall–Kier alpha value is -1.79. The number of amides is 1. The van der Waals surface area contributed by atoms with Gasteiger partial charge in [-0.15, -0.1) is 0 Å². The van der Waals surface area contributed by atoms with Crippen LogP contribution in [0.15, 0.2) is 23.0 Å². The number of piperidine rings is 1. The number of hydrogen-bond donors (Lipinski definition) is 0. The standard InChI is InChI=1S/C16H18F3NO3/c1-9(21)12-5-10(3-4-13(12)23-2)15-6-11(15)7-20(8-15)14(22)16(17,18)19/h5,11H,3-4,6-8H2,1-2H3. The second-order valence-corrected chi connectivity index (χ2v) is 6.51. The van der Waals surface area contributed by atoms with Gasteiger partial charge in [0.1, 0.15) is 5.76 Å². The number of carbonyl (C=O) groups excluding carboxylic acids is 2. The number of ketones is 1. The number of nitrogens with zero attached hydrogens (tertiary/aromatic N) is 1. The summed E-state index contributed by atoms with van der Waals surface area (Å²) in [6.45, 7) is 1.69. The second kappa shape index (κ2) is 5.11. The highest BCUT2D eigenvalue weighted by Crippen LogP contribution is 2.64. The van der Waals surface area contributed by atoms with Gasteiger partial charge < -0.3 is 9.64 Å². The largest absolute Gasteiger partial charge is 0.500 e. The zero-order chi connectivity index (χ0) is 17.0. The molecule has 0 aromatic heterocycles. The summed E-state index contributed by atoms with van der Waals surface area (Å²) in [6, 6.07) is 0. The van der Waals surface area contributed by atoms with Crippen molar-refractivity contribution < 1.29 is 27.5 Å². The molecular weight excluding hydrogens is 311 g/mol. The van der Waals surface area contributed by atoms with Gasteiger partial charge in [-0.1, -0.05) is 5.57 Å². The maximum atomic E-state index is 12.6. The van der Waals surface area contributed by atoms with Crippen LogP contribution in [0.5, 0.6) is 0 Å². The third-order valence-electron chi connectivity index (χ3n) is 5.18. The Bertz CT molecular complexity index is 635. The summed E-state index contributed by atoms with van der Waals surface area (Å²) in [5.41, 5.74) is 1.10. The highest BCUT2D eigenvalue weighted by Gasteiger charge is 2.64. The SMILES string of the molecule is COC1=C(C(C)=O)C=C(C23CC2CN(C(=O)C(F)(F)F)C3)CC1. The number of halogens is 3. The smallest absolute Gasteiger partial charge is 0.471 e. The van der Waals surface area contributed by atoms with Crippen molar-refractivity contribution in [2.75, 3.05) is 20.2 Å². The summed E-state index contributed by atoms with van der Waals surface area (Å²) in [4.78, 5) is 24.1. The van der Waals surface area contributed by atoms with E-state index in [0.717, 1.165) is 16.9 Å². The van der Waals surface area contributed by atoms with Gasteiger partial charge >= 0.3 is 12.1 Å². The minimum atomic E-state index is -4.83. The lowest BCUT2D eigenvalue weighted by molar-refractivity contribution is -0.185.